The van der Waals surface area contributed by atoms with E-state index in [1.807, 2.05) is 6.07 Å². The zero-order chi connectivity index (χ0) is 24.5. The molecule has 0 bridgehead atoms. The number of hydrogen-bond donors (Lipinski definition) is 3. The summed E-state index contributed by atoms with van der Waals surface area (Å²) in [4.78, 5) is 11.5. The number of halogens is 1. The van der Waals surface area contributed by atoms with Crippen molar-refractivity contribution >= 4 is 28.3 Å². The lowest BCUT2D eigenvalue weighted by atomic mass is 10.1. The highest BCUT2D eigenvalue weighted by Crippen LogP contribution is 2.34. The number of anilines is 1. The van der Waals surface area contributed by atoms with Crippen LogP contribution < -0.4 is 5.32 Å². The van der Waals surface area contributed by atoms with E-state index in [0.717, 1.165) is 31.3 Å². The quantitative estimate of drug-likeness (QED) is 0.345. The fourth-order valence-electron chi connectivity index (χ4n) is 4.14. The van der Waals surface area contributed by atoms with Crippen molar-refractivity contribution in [2.75, 3.05) is 25.5 Å². The predicted octanol–water partition coefficient (Wildman–Crippen LogP) is 2.74. The second-order valence-electron chi connectivity index (χ2n) is 8.53. The normalized spacial score (nSPS) is 15.9. The fourth-order valence-corrected chi connectivity index (χ4v) is 4.41. The fraction of sp³-hybridized carbons (Fsp3) is 0.348. The van der Waals surface area contributed by atoms with Crippen LogP contribution in [0.1, 0.15) is 18.5 Å². The molecule has 3 N–H and O–H groups in total. The van der Waals surface area contributed by atoms with E-state index in [0.29, 0.717) is 33.2 Å². The number of aromatic nitrogens is 6. The Morgan fingerprint density at radius 2 is 2.06 bits per heavy atom. The maximum atomic E-state index is 10.6. The Bertz CT molecular complexity index is 1400. The Morgan fingerprint density at radius 1 is 1.26 bits per heavy atom. The number of H-pyrrole nitrogens is 1. The number of ether oxygens (including phenoxy) is 1. The summed E-state index contributed by atoms with van der Waals surface area (Å²) in [6.07, 6.45) is 3.63. The molecule has 12 heteroatoms. The maximum Gasteiger partial charge on any atom is 0.236 e. The van der Waals surface area contributed by atoms with Gasteiger partial charge in [0.05, 0.1) is 22.8 Å². The molecule has 1 fully saturated rings. The van der Waals surface area contributed by atoms with Gasteiger partial charge in [-0.2, -0.15) is 15.5 Å². The summed E-state index contributed by atoms with van der Waals surface area (Å²) in [6.45, 7) is 1.78. The maximum absolute atomic E-state index is 10.6. The second kappa shape index (κ2) is 9.59. The van der Waals surface area contributed by atoms with Gasteiger partial charge in [-0.05, 0) is 38.1 Å². The average Bonchev–Trinajstić information content (AvgIpc) is 3.49. The minimum Gasteiger partial charge on any atom is -0.351 e. The van der Waals surface area contributed by atoms with E-state index in [4.69, 9.17) is 16.3 Å². The largest absolute Gasteiger partial charge is 0.351 e. The summed E-state index contributed by atoms with van der Waals surface area (Å²) in [7, 11) is 3.85. The second-order valence-corrected chi connectivity index (χ2v) is 8.94. The van der Waals surface area contributed by atoms with Gasteiger partial charge in [0.1, 0.15) is 23.2 Å². The van der Waals surface area contributed by atoms with E-state index in [1.165, 1.54) is 0 Å². The van der Waals surface area contributed by atoms with Crippen LogP contribution in [0.3, 0.4) is 0 Å². The molecule has 3 aromatic heterocycles. The highest BCUT2D eigenvalue weighted by atomic mass is 35.5. The minimum absolute atomic E-state index is 0.00845. The molecule has 180 valence electrons. The number of aromatic amines is 1. The highest BCUT2D eigenvalue weighted by Gasteiger charge is 2.24. The molecule has 1 unspecified atom stereocenters. The van der Waals surface area contributed by atoms with Crippen LogP contribution in [-0.2, 0) is 11.8 Å². The van der Waals surface area contributed by atoms with Gasteiger partial charge >= 0.3 is 0 Å². The van der Waals surface area contributed by atoms with Crippen LogP contribution in [-0.4, -0.2) is 72.6 Å². The van der Waals surface area contributed by atoms with Gasteiger partial charge in [0.15, 0.2) is 11.5 Å². The molecule has 4 aromatic rings. The number of aryl methyl sites for hydroxylation is 1. The Balaban J connectivity index is 1.53. The molecular weight excluding hydrogens is 470 g/mol. The standard InChI is InChI=1S/C23H24ClN9O2/c1-32-6-3-15(4-7-32)35-23(34)29-22-18(11-25)27-20(21(28-22)17-5-8-33(2)31-17)13-9-14-12-26-30-19(14)16(24)10-13/h5,8-10,12,15,23,34H,3-4,6-7H2,1-2H3,(H,26,30)(H,28,29). The van der Waals surface area contributed by atoms with Crippen molar-refractivity contribution in [3.63, 3.8) is 0 Å². The number of hydrogen-bond acceptors (Lipinski definition) is 9. The zero-order valence-corrected chi connectivity index (χ0v) is 20.0. The molecule has 35 heavy (non-hydrogen) atoms. The number of benzene rings is 1. The summed E-state index contributed by atoms with van der Waals surface area (Å²) in [5.74, 6) is 0.104. The number of fused-ring (bicyclic) bond motifs is 1. The van der Waals surface area contributed by atoms with Crippen LogP contribution in [0.15, 0.2) is 30.6 Å². The topological polar surface area (TPSA) is 141 Å². The third-order valence-electron chi connectivity index (χ3n) is 5.98. The Labute approximate surface area is 206 Å². The average molecular weight is 494 g/mol. The smallest absolute Gasteiger partial charge is 0.236 e. The van der Waals surface area contributed by atoms with E-state index in [1.54, 1.807) is 36.3 Å². The van der Waals surface area contributed by atoms with Crippen LogP contribution in [0.2, 0.25) is 5.02 Å². The van der Waals surface area contributed by atoms with Gasteiger partial charge in [-0.1, -0.05) is 11.6 Å². The van der Waals surface area contributed by atoms with Crippen LogP contribution >= 0.6 is 11.6 Å². The van der Waals surface area contributed by atoms with Crippen molar-refractivity contribution in [1.29, 1.82) is 5.26 Å². The van der Waals surface area contributed by atoms with Crippen molar-refractivity contribution in [1.82, 2.24) is 34.8 Å². The van der Waals surface area contributed by atoms with E-state index < -0.39 is 6.41 Å². The van der Waals surface area contributed by atoms with Gasteiger partial charge in [-0.25, -0.2) is 9.97 Å². The molecule has 1 saturated heterocycles. The van der Waals surface area contributed by atoms with Crippen molar-refractivity contribution in [3.8, 4) is 28.7 Å². The number of likely N-dealkylation sites (tertiary alicyclic amines) is 1. The summed E-state index contributed by atoms with van der Waals surface area (Å²) in [5, 5.41) is 35.8. The lowest BCUT2D eigenvalue weighted by molar-refractivity contribution is -0.130. The Hall–Kier alpha value is -3.56. The molecule has 0 radical (unpaired) electrons. The first kappa shape index (κ1) is 23.2. The molecule has 11 nitrogen and oxygen atoms in total. The molecule has 4 heterocycles. The monoisotopic (exact) mass is 493 g/mol. The molecular formula is C23H24ClN9O2. The lowest BCUT2D eigenvalue weighted by Crippen LogP contribution is -2.38. The van der Waals surface area contributed by atoms with Gasteiger partial charge in [-0.3, -0.25) is 9.78 Å². The molecule has 1 atom stereocenters. The van der Waals surface area contributed by atoms with Crippen molar-refractivity contribution in [3.05, 3.63) is 41.3 Å². The summed E-state index contributed by atoms with van der Waals surface area (Å²) in [6, 6.07) is 7.47. The first-order chi connectivity index (χ1) is 16.9. The molecule has 0 aliphatic carbocycles. The van der Waals surface area contributed by atoms with Crippen LogP contribution in [0, 0.1) is 11.3 Å². The molecule has 1 aliphatic heterocycles. The van der Waals surface area contributed by atoms with Gasteiger partial charge in [0, 0.05) is 37.3 Å². The first-order valence-electron chi connectivity index (χ1n) is 11.1. The molecule has 1 aliphatic rings. The van der Waals surface area contributed by atoms with Crippen LogP contribution in [0.4, 0.5) is 5.82 Å². The van der Waals surface area contributed by atoms with E-state index in [9.17, 15) is 10.4 Å². The van der Waals surface area contributed by atoms with Crippen molar-refractivity contribution in [2.45, 2.75) is 25.4 Å². The predicted molar refractivity (Wildman–Crippen MR) is 130 cm³/mol. The number of piperidine rings is 1. The molecule has 1 aromatic carbocycles. The highest BCUT2D eigenvalue weighted by molar-refractivity contribution is 6.35. The van der Waals surface area contributed by atoms with Crippen molar-refractivity contribution < 1.29 is 9.84 Å². The van der Waals surface area contributed by atoms with Gasteiger partial charge in [0.2, 0.25) is 6.41 Å². The number of aliphatic hydroxyl groups is 1. The molecule has 5 rings (SSSR count). The van der Waals surface area contributed by atoms with Crippen LogP contribution in [0.25, 0.3) is 33.5 Å². The molecule has 0 saturated carbocycles. The number of nitrogens with zero attached hydrogens (tertiary/aromatic N) is 7. The third kappa shape index (κ3) is 4.82. The number of rotatable bonds is 6. The van der Waals surface area contributed by atoms with E-state index in [2.05, 4.69) is 48.6 Å². The molecule has 0 amide bonds. The number of aliphatic hydroxyl groups excluding tert-OH is 1. The Kier molecular flexibility index (Phi) is 6.36. The first-order valence-corrected chi connectivity index (χ1v) is 11.5. The summed E-state index contributed by atoms with van der Waals surface area (Å²) < 4.78 is 7.40. The van der Waals surface area contributed by atoms with Crippen LogP contribution in [0.5, 0.6) is 0 Å². The Morgan fingerprint density at radius 3 is 2.77 bits per heavy atom. The SMILES string of the molecule is CN1CCC(OC(O)Nc2nc(-c3ccn(C)n3)c(-c3cc(Cl)c4[nH]ncc4c3)nc2C#N)CC1. The number of nitrogens with one attached hydrogen (secondary N) is 2. The lowest BCUT2D eigenvalue weighted by Gasteiger charge is -2.30. The van der Waals surface area contributed by atoms with Gasteiger partial charge in [0.25, 0.3) is 0 Å². The van der Waals surface area contributed by atoms with Crippen molar-refractivity contribution in [2.24, 2.45) is 7.05 Å². The third-order valence-corrected chi connectivity index (χ3v) is 6.28. The van der Waals surface area contributed by atoms with E-state index in [-0.39, 0.29) is 17.6 Å². The van der Waals surface area contributed by atoms with Gasteiger partial charge in [-0.15, -0.1) is 0 Å². The zero-order valence-electron chi connectivity index (χ0n) is 19.2. The molecule has 0 spiro atoms. The van der Waals surface area contributed by atoms with Gasteiger partial charge < -0.3 is 20.1 Å². The van der Waals surface area contributed by atoms with E-state index >= 15 is 0 Å². The minimum atomic E-state index is -1.34. The number of nitriles is 1. The summed E-state index contributed by atoms with van der Waals surface area (Å²) >= 11 is 6.46. The summed E-state index contributed by atoms with van der Waals surface area (Å²) in [5.41, 5.74) is 2.78.